The molecule has 0 saturated carbocycles. The number of carbonyl (C=O) groups is 2. The van der Waals surface area contributed by atoms with E-state index in [2.05, 4.69) is 5.32 Å². The highest BCUT2D eigenvalue weighted by Gasteiger charge is 2.46. The van der Waals surface area contributed by atoms with Gasteiger partial charge in [0.1, 0.15) is 23.4 Å². The maximum atomic E-state index is 13.3. The zero-order valence-corrected chi connectivity index (χ0v) is 26.7. The Hall–Kier alpha value is -3.54. The van der Waals surface area contributed by atoms with Crippen molar-refractivity contribution < 1.29 is 33.1 Å². The molecule has 2 aromatic carbocycles. The van der Waals surface area contributed by atoms with Crippen LogP contribution in [0.4, 0.5) is 8.78 Å². The number of carbonyl (C=O) groups excluding carboxylic acids is 2. The van der Waals surface area contributed by atoms with Crippen LogP contribution in [0.5, 0.6) is 5.75 Å². The van der Waals surface area contributed by atoms with Crippen LogP contribution in [-0.2, 0) is 9.63 Å². The van der Waals surface area contributed by atoms with Gasteiger partial charge >= 0.3 is 0 Å². The molecular formula is C33H39ClF2N4O5. The maximum Gasteiger partial charge on any atom is 0.278 e. The highest BCUT2D eigenvalue weighted by Crippen LogP contribution is 2.33. The lowest BCUT2D eigenvalue weighted by atomic mass is 9.89. The number of aliphatic hydroxyl groups is 1. The molecule has 3 aliphatic heterocycles. The number of hydrogen-bond donors (Lipinski definition) is 2. The second kappa shape index (κ2) is 12.7. The number of nitrogens with zero attached hydrogens (tertiary/aromatic N) is 3. The Morgan fingerprint density at radius 2 is 1.76 bits per heavy atom. The summed E-state index contributed by atoms with van der Waals surface area (Å²) in [5, 5.41) is 15.0. The van der Waals surface area contributed by atoms with Crippen LogP contribution in [0.15, 0.2) is 41.6 Å². The zero-order chi connectivity index (χ0) is 32.6. The molecule has 2 fully saturated rings. The normalized spacial score (nSPS) is 20.0. The second-order valence-electron chi connectivity index (χ2n) is 12.6. The largest absolute Gasteiger partial charge is 0.486 e. The minimum Gasteiger partial charge on any atom is -0.486 e. The first-order chi connectivity index (χ1) is 21.1. The minimum atomic E-state index is -3.02. The summed E-state index contributed by atoms with van der Waals surface area (Å²) in [4.78, 5) is 38.5. The van der Waals surface area contributed by atoms with Gasteiger partial charge in [0, 0.05) is 44.2 Å². The lowest BCUT2D eigenvalue weighted by Gasteiger charge is -2.36. The van der Waals surface area contributed by atoms with E-state index in [9.17, 15) is 23.5 Å². The van der Waals surface area contributed by atoms with Gasteiger partial charge < -0.3 is 24.9 Å². The molecule has 3 aliphatic rings. The molecule has 45 heavy (non-hydrogen) atoms. The number of piperidine rings is 2. The lowest BCUT2D eigenvalue weighted by molar-refractivity contribution is -0.140. The molecule has 0 radical (unpaired) electrons. The van der Waals surface area contributed by atoms with Gasteiger partial charge in [-0.15, -0.1) is 5.06 Å². The number of amidine groups is 1. The Kier molecular flexibility index (Phi) is 9.26. The van der Waals surface area contributed by atoms with Crippen molar-refractivity contribution in [3.63, 3.8) is 0 Å². The summed E-state index contributed by atoms with van der Waals surface area (Å²) in [7, 11) is 0. The van der Waals surface area contributed by atoms with Crippen molar-refractivity contribution in [1.82, 2.24) is 15.3 Å². The summed E-state index contributed by atoms with van der Waals surface area (Å²) in [6.07, 6.45) is 5.46. The number of alkyl halides is 2. The van der Waals surface area contributed by atoms with Crippen molar-refractivity contribution in [2.45, 2.75) is 70.4 Å². The number of rotatable bonds is 8. The van der Waals surface area contributed by atoms with Gasteiger partial charge in [0.15, 0.2) is 6.61 Å². The first kappa shape index (κ1) is 32.8. The predicted octanol–water partition coefficient (Wildman–Crippen LogP) is 5.29. The molecule has 12 heteroatoms. The number of aliphatic imine (C=N–C) groups is 1. The Morgan fingerprint density at radius 3 is 2.38 bits per heavy atom. The fourth-order valence-electron chi connectivity index (χ4n) is 5.84. The van der Waals surface area contributed by atoms with E-state index in [1.54, 1.807) is 22.3 Å². The van der Waals surface area contributed by atoms with Gasteiger partial charge in [0.25, 0.3) is 17.7 Å². The van der Waals surface area contributed by atoms with Crippen LogP contribution in [-0.4, -0.2) is 82.6 Å². The van der Waals surface area contributed by atoms with Gasteiger partial charge in [-0.05, 0) is 99.6 Å². The Bertz CT molecular complexity index is 1500. The number of hydrogen-bond acceptors (Lipinski definition) is 7. The summed E-state index contributed by atoms with van der Waals surface area (Å²) < 4.78 is 31.8. The molecule has 5 rings (SSSR count). The van der Waals surface area contributed by atoms with Crippen molar-refractivity contribution >= 4 is 35.3 Å². The molecule has 2 N–H and O–H groups in total. The average molecular weight is 645 g/mol. The number of hydroxylamine groups is 2. The van der Waals surface area contributed by atoms with E-state index < -0.39 is 23.7 Å². The number of benzene rings is 2. The molecule has 1 spiro atoms. The summed E-state index contributed by atoms with van der Waals surface area (Å²) >= 11 is 6.13. The van der Waals surface area contributed by atoms with Crippen LogP contribution in [0.1, 0.15) is 72.1 Å². The first-order valence-corrected chi connectivity index (χ1v) is 15.5. The lowest BCUT2D eigenvalue weighted by Crippen LogP contribution is -2.48. The molecule has 0 atom stereocenters. The fraction of sp³-hybridized carbons (Fsp3) is 0.485. The molecule has 2 amide bonds. The molecule has 9 nitrogen and oxygen atoms in total. The van der Waals surface area contributed by atoms with Gasteiger partial charge in [0.05, 0.1) is 10.6 Å². The Labute approximate surface area is 266 Å². The number of amides is 2. The molecule has 2 saturated heterocycles. The molecular weight excluding hydrogens is 606 g/mol. The molecule has 0 aromatic heterocycles. The van der Waals surface area contributed by atoms with Gasteiger partial charge in [0.2, 0.25) is 0 Å². The fourth-order valence-corrected chi connectivity index (χ4v) is 6.01. The highest BCUT2D eigenvalue weighted by molar-refractivity contribution is 6.32. The molecule has 0 bridgehead atoms. The summed E-state index contributed by atoms with van der Waals surface area (Å²) in [6.45, 7) is 7.65. The third-order valence-electron chi connectivity index (χ3n) is 8.63. The third-order valence-corrected chi connectivity index (χ3v) is 8.94. The van der Waals surface area contributed by atoms with Crippen molar-refractivity contribution in [1.29, 1.82) is 0 Å². The van der Waals surface area contributed by atoms with E-state index in [1.165, 1.54) is 12.1 Å². The molecule has 242 valence electrons. The first-order valence-electron chi connectivity index (χ1n) is 15.1. The smallest absolute Gasteiger partial charge is 0.278 e. The van der Waals surface area contributed by atoms with Crippen molar-refractivity contribution in [2.24, 2.45) is 4.99 Å². The van der Waals surface area contributed by atoms with E-state index in [0.29, 0.717) is 68.8 Å². The van der Waals surface area contributed by atoms with Gasteiger partial charge in [-0.1, -0.05) is 11.6 Å². The van der Waals surface area contributed by atoms with Crippen LogP contribution >= 0.6 is 11.6 Å². The maximum absolute atomic E-state index is 13.3. The number of ether oxygens (including phenoxy) is 1. The Morgan fingerprint density at radius 1 is 1.11 bits per heavy atom. The van der Waals surface area contributed by atoms with Gasteiger partial charge in [-0.3, -0.25) is 14.6 Å². The van der Waals surface area contributed by atoms with Crippen LogP contribution in [0.2, 0.25) is 5.02 Å². The van der Waals surface area contributed by atoms with E-state index in [-0.39, 0.29) is 22.6 Å². The number of aryl methyl sites for hydroxylation is 2. The van der Waals surface area contributed by atoms with Crippen LogP contribution < -0.4 is 10.1 Å². The van der Waals surface area contributed by atoms with Crippen LogP contribution in [0.3, 0.4) is 0 Å². The standard InChI is InChI=1S/C33H39ClF2N4O5/c1-21-17-24(29(41)39-12-8-31(3,43)9-13-39)18-22(2)25(21)7-16-45-40-14-10-33(11-15-40)30(42)37-28(38-33)23-5-6-26(34)27(19-23)44-20-32(4,35)36/h5-7,16-19,43H,8-15,20H2,1-4H3,(H,37,38,42)/b16-7+. The van der Waals surface area contributed by atoms with E-state index in [4.69, 9.17) is 26.2 Å². The Balaban J connectivity index is 1.18. The molecule has 2 aromatic rings. The van der Waals surface area contributed by atoms with Crippen LogP contribution in [0.25, 0.3) is 6.08 Å². The number of likely N-dealkylation sites (tertiary alicyclic amines) is 1. The SMILES string of the molecule is Cc1cc(C(=O)N2CCC(C)(O)CC2)cc(C)c1/C=C/ON1CCC2(CC1)N=C(c1ccc(Cl)c(OCC(C)(F)F)c1)NC2=O. The van der Waals surface area contributed by atoms with Crippen molar-refractivity contribution in [3.05, 3.63) is 69.4 Å². The monoisotopic (exact) mass is 644 g/mol. The van der Waals surface area contributed by atoms with Crippen LogP contribution in [0, 0.1) is 13.8 Å². The topological polar surface area (TPSA) is 104 Å². The quantitative estimate of drug-likeness (QED) is 0.379. The van der Waals surface area contributed by atoms with Crippen molar-refractivity contribution in [2.75, 3.05) is 32.8 Å². The predicted molar refractivity (Wildman–Crippen MR) is 168 cm³/mol. The van der Waals surface area contributed by atoms with E-state index in [1.807, 2.05) is 39.0 Å². The minimum absolute atomic E-state index is 0.0292. The number of nitrogens with one attached hydrogen (secondary N) is 1. The molecule has 0 aliphatic carbocycles. The second-order valence-corrected chi connectivity index (χ2v) is 13.0. The number of halogens is 3. The average Bonchev–Trinajstić information content (AvgIpc) is 3.29. The summed E-state index contributed by atoms with van der Waals surface area (Å²) in [5.74, 6) is -2.83. The summed E-state index contributed by atoms with van der Waals surface area (Å²) in [6, 6.07) is 8.45. The zero-order valence-electron chi connectivity index (χ0n) is 26.0. The van der Waals surface area contributed by atoms with Gasteiger partial charge in [-0.2, -0.15) is 0 Å². The van der Waals surface area contributed by atoms with E-state index >= 15 is 0 Å². The molecule has 3 heterocycles. The summed E-state index contributed by atoms with van der Waals surface area (Å²) in [5.41, 5.74) is 2.33. The third kappa shape index (κ3) is 7.65. The van der Waals surface area contributed by atoms with Gasteiger partial charge in [-0.25, -0.2) is 8.78 Å². The molecule has 0 unspecified atom stereocenters. The van der Waals surface area contributed by atoms with E-state index in [0.717, 1.165) is 23.6 Å². The highest BCUT2D eigenvalue weighted by atomic mass is 35.5. The van der Waals surface area contributed by atoms with Crippen molar-refractivity contribution in [3.8, 4) is 5.75 Å².